The largest absolute Gasteiger partial charge is 0.308 e. The number of para-hydroxylation sites is 1. The van der Waals surface area contributed by atoms with Crippen molar-refractivity contribution >= 4 is 39.6 Å². The van der Waals surface area contributed by atoms with E-state index >= 15 is 0 Å². The van der Waals surface area contributed by atoms with Crippen molar-refractivity contribution in [1.29, 1.82) is 0 Å². The normalized spacial score (nSPS) is 16.8. The van der Waals surface area contributed by atoms with Gasteiger partial charge in [0, 0.05) is 33.4 Å². The molecule has 0 saturated heterocycles. The fourth-order valence-electron chi connectivity index (χ4n) is 7.29. The number of nitrogens with zero attached hydrogens (tertiary/aromatic N) is 2. The van der Waals surface area contributed by atoms with E-state index in [2.05, 4.69) is 157 Å². The summed E-state index contributed by atoms with van der Waals surface area (Å²) in [6.07, 6.45) is 5.48. The molecule has 6 aromatic rings. The first kappa shape index (κ1) is 27.9. The van der Waals surface area contributed by atoms with Crippen LogP contribution < -0.4 is 9.47 Å². The smallest absolute Gasteiger partial charge is 0.220 e. The van der Waals surface area contributed by atoms with Crippen LogP contribution in [0, 0.1) is 0 Å². The van der Waals surface area contributed by atoms with Gasteiger partial charge in [0.15, 0.2) is 6.20 Å². The van der Waals surface area contributed by atoms with Crippen LogP contribution in [0.2, 0.25) is 0 Å². The van der Waals surface area contributed by atoms with Crippen LogP contribution in [0.1, 0.15) is 38.7 Å². The molecule has 0 spiro atoms. The zero-order valence-electron chi connectivity index (χ0n) is 26.0. The van der Waals surface area contributed by atoms with Gasteiger partial charge in [0.25, 0.3) is 0 Å². The van der Waals surface area contributed by atoms with Crippen molar-refractivity contribution in [1.82, 2.24) is 0 Å². The van der Waals surface area contributed by atoms with E-state index < -0.39 is 0 Å². The molecule has 1 unspecified atom stereocenters. The number of aryl methyl sites for hydroxylation is 1. The second kappa shape index (κ2) is 11.1. The Labute approximate surface area is 270 Å². The molecule has 220 valence electrons. The van der Waals surface area contributed by atoms with E-state index in [1.165, 1.54) is 71.1 Å². The van der Waals surface area contributed by atoms with Gasteiger partial charge in [-0.05, 0) is 77.4 Å². The van der Waals surface area contributed by atoms with Crippen molar-refractivity contribution < 1.29 is 4.57 Å². The highest BCUT2D eigenvalue weighted by atomic mass is 32.2. The van der Waals surface area contributed by atoms with Gasteiger partial charge in [0.2, 0.25) is 5.69 Å². The Morgan fingerprint density at radius 1 is 0.756 bits per heavy atom. The third-order valence-electron chi connectivity index (χ3n) is 9.74. The summed E-state index contributed by atoms with van der Waals surface area (Å²) < 4.78 is 2.47. The van der Waals surface area contributed by atoms with Gasteiger partial charge in [-0.1, -0.05) is 111 Å². The lowest BCUT2D eigenvalue weighted by Crippen LogP contribution is -2.36. The maximum Gasteiger partial charge on any atom is 0.220 e. The van der Waals surface area contributed by atoms with Gasteiger partial charge < -0.3 is 4.90 Å². The number of hydrogen-bond acceptors (Lipinski definition) is 2. The number of fused-ring (bicyclic) bond motifs is 3. The van der Waals surface area contributed by atoms with Crippen molar-refractivity contribution in [3.8, 4) is 22.4 Å². The Morgan fingerprint density at radius 2 is 1.51 bits per heavy atom. The minimum absolute atomic E-state index is 0.0347. The van der Waals surface area contributed by atoms with Gasteiger partial charge >= 0.3 is 0 Å². The molecule has 5 aromatic carbocycles. The first-order valence-corrected chi connectivity index (χ1v) is 16.9. The Bertz CT molecular complexity index is 2100. The molecule has 0 radical (unpaired) electrons. The number of pyridine rings is 1. The molecule has 0 N–H and O–H groups in total. The van der Waals surface area contributed by atoms with Gasteiger partial charge in [-0.25, -0.2) is 0 Å². The number of benzene rings is 5. The predicted molar refractivity (Wildman–Crippen MR) is 190 cm³/mol. The quantitative estimate of drug-likeness (QED) is 0.133. The Kier molecular flexibility index (Phi) is 6.88. The molecule has 1 saturated carbocycles. The highest BCUT2D eigenvalue weighted by Crippen LogP contribution is 2.59. The van der Waals surface area contributed by atoms with Gasteiger partial charge in [0.05, 0.1) is 22.3 Å². The minimum Gasteiger partial charge on any atom is -0.308 e. The average molecular weight is 602 g/mol. The van der Waals surface area contributed by atoms with E-state index in [1.807, 2.05) is 11.8 Å². The molecule has 2 aliphatic rings. The molecule has 1 atom stereocenters. The Balaban J connectivity index is 1.38. The van der Waals surface area contributed by atoms with Crippen LogP contribution in [0.25, 0.3) is 33.2 Å². The van der Waals surface area contributed by atoms with E-state index in [-0.39, 0.29) is 5.41 Å². The lowest BCUT2D eigenvalue weighted by atomic mass is 9.85. The summed E-state index contributed by atoms with van der Waals surface area (Å²) in [5.41, 5.74) is 11.5. The minimum atomic E-state index is 0.0347. The van der Waals surface area contributed by atoms with Crippen LogP contribution in [0.4, 0.5) is 17.1 Å². The molecule has 1 aromatic heterocycles. The SMILES string of the molecule is C=C1CC1(CC)c1ccc(N2c3ccccc3Sc3cc(-c4ccccc4)ccc32)cc1-c1c2ccccc2cc[n+]1CCC. The maximum atomic E-state index is 4.51. The van der Waals surface area contributed by atoms with Crippen LogP contribution >= 0.6 is 11.8 Å². The van der Waals surface area contributed by atoms with Gasteiger partial charge in [0.1, 0.15) is 6.54 Å². The third kappa shape index (κ3) is 4.60. The summed E-state index contributed by atoms with van der Waals surface area (Å²) in [6.45, 7) is 10.1. The zero-order chi connectivity index (χ0) is 30.5. The molecular weight excluding hydrogens is 565 g/mol. The Hall–Kier alpha value is -4.60. The second-order valence-electron chi connectivity index (χ2n) is 12.3. The topological polar surface area (TPSA) is 7.12 Å². The Morgan fingerprint density at radius 3 is 2.31 bits per heavy atom. The number of rotatable bonds is 7. The molecule has 3 heteroatoms. The number of anilines is 3. The number of aromatic nitrogens is 1. The maximum absolute atomic E-state index is 4.51. The predicted octanol–water partition coefficient (Wildman–Crippen LogP) is 11.4. The van der Waals surface area contributed by atoms with Crippen molar-refractivity contribution in [2.45, 2.75) is 54.9 Å². The first-order chi connectivity index (χ1) is 22.1. The van der Waals surface area contributed by atoms with Crippen molar-refractivity contribution in [2.24, 2.45) is 0 Å². The molecule has 0 bridgehead atoms. The zero-order valence-corrected chi connectivity index (χ0v) is 26.8. The standard InChI is InChI=1S/C42H37N2S/c1-4-24-43-25-23-31-15-9-10-16-34(31)41(43)35-27-33(20-21-36(35)42(5-2)28-29(42)3)44-37-17-11-12-18-39(37)45-40-26-32(19-22-38(40)44)30-13-7-6-8-14-30/h6-23,25-27H,3-5,24,28H2,1-2H3/q+1. The molecule has 1 aliphatic carbocycles. The fraction of sp³-hybridized carbons (Fsp3) is 0.167. The molecule has 8 rings (SSSR count). The van der Waals surface area contributed by atoms with E-state index in [0.29, 0.717) is 0 Å². The van der Waals surface area contributed by atoms with Crippen LogP contribution in [0.3, 0.4) is 0 Å². The summed E-state index contributed by atoms with van der Waals surface area (Å²) in [6, 6.07) is 44.8. The first-order valence-electron chi connectivity index (χ1n) is 16.1. The molecule has 2 heterocycles. The highest BCUT2D eigenvalue weighted by Gasteiger charge is 2.49. The van der Waals surface area contributed by atoms with Gasteiger partial charge in [-0.15, -0.1) is 0 Å². The van der Waals surface area contributed by atoms with E-state index in [0.717, 1.165) is 25.8 Å². The fourth-order valence-corrected chi connectivity index (χ4v) is 8.38. The monoisotopic (exact) mass is 601 g/mol. The van der Waals surface area contributed by atoms with E-state index in [4.69, 9.17) is 0 Å². The summed E-state index contributed by atoms with van der Waals surface area (Å²) in [4.78, 5) is 5.01. The lowest BCUT2D eigenvalue weighted by Gasteiger charge is -2.34. The summed E-state index contributed by atoms with van der Waals surface area (Å²) in [5, 5.41) is 2.57. The van der Waals surface area contributed by atoms with E-state index in [9.17, 15) is 0 Å². The van der Waals surface area contributed by atoms with Crippen molar-refractivity contribution in [3.05, 3.63) is 145 Å². The molecule has 0 amide bonds. The molecule has 45 heavy (non-hydrogen) atoms. The van der Waals surface area contributed by atoms with Crippen LogP contribution in [0.5, 0.6) is 0 Å². The third-order valence-corrected chi connectivity index (χ3v) is 10.9. The van der Waals surface area contributed by atoms with Crippen LogP contribution in [0.15, 0.2) is 149 Å². The average Bonchev–Trinajstić information content (AvgIpc) is 3.77. The number of hydrogen-bond donors (Lipinski definition) is 0. The number of allylic oxidation sites excluding steroid dienone is 1. The van der Waals surface area contributed by atoms with Gasteiger partial charge in [-0.2, -0.15) is 4.57 Å². The molecule has 1 fully saturated rings. The summed E-state index contributed by atoms with van der Waals surface area (Å²) in [5.74, 6) is 0. The van der Waals surface area contributed by atoms with Crippen LogP contribution in [-0.4, -0.2) is 0 Å². The molecular formula is C42H37N2S+. The lowest BCUT2D eigenvalue weighted by molar-refractivity contribution is -0.685. The van der Waals surface area contributed by atoms with Crippen LogP contribution in [-0.2, 0) is 12.0 Å². The molecule has 2 nitrogen and oxygen atoms in total. The summed E-state index contributed by atoms with van der Waals surface area (Å²) in [7, 11) is 0. The van der Waals surface area contributed by atoms with Crippen molar-refractivity contribution in [3.63, 3.8) is 0 Å². The summed E-state index contributed by atoms with van der Waals surface area (Å²) >= 11 is 1.87. The van der Waals surface area contributed by atoms with Crippen molar-refractivity contribution in [2.75, 3.05) is 4.90 Å². The molecule has 1 aliphatic heterocycles. The van der Waals surface area contributed by atoms with Gasteiger partial charge in [-0.3, -0.25) is 0 Å². The van der Waals surface area contributed by atoms with E-state index in [1.54, 1.807) is 0 Å². The second-order valence-corrected chi connectivity index (χ2v) is 13.4. The highest BCUT2D eigenvalue weighted by molar-refractivity contribution is 7.99.